The van der Waals surface area contributed by atoms with Gasteiger partial charge in [0, 0.05) is 24.3 Å². The summed E-state index contributed by atoms with van der Waals surface area (Å²) in [5.41, 5.74) is 7.22. The van der Waals surface area contributed by atoms with Crippen molar-refractivity contribution in [2.75, 3.05) is 23.7 Å². The first kappa shape index (κ1) is 18.3. The zero-order valence-corrected chi connectivity index (χ0v) is 14.4. The van der Waals surface area contributed by atoms with Gasteiger partial charge in [0.15, 0.2) is 0 Å². The van der Waals surface area contributed by atoms with Crippen molar-refractivity contribution in [2.45, 2.75) is 45.4 Å². The van der Waals surface area contributed by atoms with Crippen LogP contribution in [-0.2, 0) is 4.79 Å². The normalized spacial score (nSPS) is 16.2. The molecule has 1 aromatic rings. The molecule has 6 heteroatoms. The molecule has 1 saturated carbocycles. The molecule has 2 rings (SSSR count). The van der Waals surface area contributed by atoms with E-state index in [1.165, 1.54) is 6.42 Å². The number of rotatable bonds is 6. The van der Waals surface area contributed by atoms with Gasteiger partial charge in [0.1, 0.15) is 0 Å². The molecule has 1 aliphatic rings. The van der Waals surface area contributed by atoms with Crippen LogP contribution < -0.4 is 21.7 Å². The maximum absolute atomic E-state index is 12.4. The van der Waals surface area contributed by atoms with Crippen LogP contribution in [0.5, 0.6) is 0 Å². The molecule has 0 atom stereocenters. The molecular formula is C18H28N4O2. The van der Waals surface area contributed by atoms with Crippen LogP contribution in [0.15, 0.2) is 24.3 Å². The second-order valence-corrected chi connectivity index (χ2v) is 6.55. The largest absolute Gasteiger partial charge is 0.338 e. The first-order valence-electron chi connectivity index (χ1n) is 8.72. The third-order valence-electron chi connectivity index (χ3n) is 4.62. The van der Waals surface area contributed by atoms with E-state index in [0.717, 1.165) is 25.7 Å². The van der Waals surface area contributed by atoms with E-state index in [0.29, 0.717) is 30.9 Å². The van der Waals surface area contributed by atoms with Crippen LogP contribution in [0.1, 0.15) is 45.4 Å². The number of urea groups is 1. The van der Waals surface area contributed by atoms with Gasteiger partial charge < -0.3 is 21.7 Å². The maximum atomic E-state index is 12.4. The Morgan fingerprint density at radius 3 is 2.42 bits per heavy atom. The van der Waals surface area contributed by atoms with E-state index in [9.17, 15) is 9.59 Å². The first-order chi connectivity index (χ1) is 11.6. The molecule has 0 saturated heterocycles. The average Bonchev–Trinajstić information content (AvgIpc) is 2.56. The van der Waals surface area contributed by atoms with Gasteiger partial charge >= 0.3 is 6.03 Å². The fourth-order valence-corrected chi connectivity index (χ4v) is 3.31. The van der Waals surface area contributed by atoms with Gasteiger partial charge in [0.2, 0.25) is 5.91 Å². The summed E-state index contributed by atoms with van der Waals surface area (Å²) in [6, 6.07) is 6.90. The average molecular weight is 332 g/mol. The lowest BCUT2D eigenvalue weighted by Gasteiger charge is -2.35. The summed E-state index contributed by atoms with van der Waals surface area (Å²) >= 11 is 0. The van der Waals surface area contributed by atoms with E-state index < -0.39 is 0 Å². The lowest BCUT2D eigenvalue weighted by Crippen LogP contribution is -2.36. The van der Waals surface area contributed by atoms with Gasteiger partial charge in [0.25, 0.3) is 0 Å². The molecule has 1 aromatic carbocycles. The van der Waals surface area contributed by atoms with Crippen LogP contribution in [-0.4, -0.2) is 25.0 Å². The zero-order chi connectivity index (χ0) is 17.4. The smallest absolute Gasteiger partial charge is 0.319 e. The van der Waals surface area contributed by atoms with E-state index in [-0.39, 0.29) is 17.4 Å². The molecule has 0 bridgehead atoms. The molecule has 0 aromatic heterocycles. The van der Waals surface area contributed by atoms with Gasteiger partial charge in [-0.1, -0.05) is 25.3 Å². The summed E-state index contributed by atoms with van der Waals surface area (Å²) in [6.07, 6.45) is 6.03. The van der Waals surface area contributed by atoms with Gasteiger partial charge in [0.05, 0.1) is 0 Å². The first-order valence-corrected chi connectivity index (χ1v) is 8.72. The van der Waals surface area contributed by atoms with Crippen LogP contribution in [0.3, 0.4) is 0 Å². The fourth-order valence-electron chi connectivity index (χ4n) is 3.31. The Morgan fingerprint density at radius 2 is 1.79 bits per heavy atom. The Balaban J connectivity index is 1.94. The minimum Gasteiger partial charge on any atom is -0.338 e. The maximum Gasteiger partial charge on any atom is 0.319 e. The Hall–Kier alpha value is -2.08. The van der Waals surface area contributed by atoms with Gasteiger partial charge in [-0.25, -0.2) is 4.79 Å². The van der Waals surface area contributed by atoms with Crippen molar-refractivity contribution in [1.82, 2.24) is 5.32 Å². The fraction of sp³-hybridized carbons (Fsp3) is 0.556. The topological polar surface area (TPSA) is 96.2 Å². The molecule has 1 aliphatic carbocycles. The third-order valence-corrected chi connectivity index (χ3v) is 4.62. The summed E-state index contributed by atoms with van der Waals surface area (Å²) in [4.78, 5) is 24.0. The number of carbonyl (C=O) groups excluding carboxylic acids is 2. The van der Waals surface area contributed by atoms with E-state index >= 15 is 0 Å². The minimum atomic E-state index is -0.259. The summed E-state index contributed by atoms with van der Waals surface area (Å²) in [5.74, 6) is -0.0162. The predicted octanol–water partition coefficient (Wildman–Crippen LogP) is 3.07. The molecule has 24 heavy (non-hydrogen) atoms. The second-order valence-electron chi connectivity index (χ2n) is 6.55. The number of nitrogens with two attached hydrogens (primary N) is 1. The quantitative estimate of drug-likeness (QED) is 0.644. The highest BCUT2D eigenvalue weighted by atomic mass is 16.2. The third kappa shape index (κ3) is 5.23. The Kier molecular flexibility index (Phi) is 6.61. The van der Waals surface area contributed by atoms with E-state index in [1.807, 2.05) is 13.0 Å². The molecule has 0 heterocycles. The van der Waals surface area contributed by atoms with Crippen molar-refractivity contribution in [3.63, 3.8) is 0 Å². The zero-order valence-electron chi connectivity index (χ0n) is 14.4. The summed E-state index contributed by atoms with van der Waals surface area (Å²) in [6.45, 7) is 2.97. The molecule has 0 aliphatic heterocycles. The van der Waals surface area contributed by atoms with Gasteiger partial charge in [-0.05, 0) is 49.9 Å². The lowest BCUT2D eigenvalue weighted by molar-refractivity contribution is -0.118. The number of hydrogen-bond donors (Lipinski definition) is 4. The predicted molar refractivity (Wildman–Crippen MR) is 97.0 cm³/mol. The lowest BCUT2D eigenvalue weighted by atomic mass is 9.71. The Bertz CT molecular complexity index is 568. The number of hydrogen-bond acceptors (Lipinski definition) is 3. The van der Waals surface area contributed by atoms with Gasteiger partial charge in [-0.15, -0.1) is 0 Å². The molecule has 1 fully saturated rings. The second kappa shape index (κ2) is 8.68. The number of carbonyl (C=O) groups is 2. The van der Waals surface area contributed by atoms with Crippen LogP contribution >= 0.6 is 0 Å². The summed E-state index contributed by atoms with van der Waals surface area (Å²) in [7, 11) is 0. The van der Waals surface area contributed by atoms with Crippen molar-refractivity contribution in [3.05, 3.63) is 24.3 Å². The van der Waals surface area contributed by atoms with E-state index in [2.05, 4.69) is 16.0 Å². The van der Waals surface area contributed by atoms with Crippen LogP contribution in [0.4, 0.5) is 16.2 Å². The molecule has 0 unspecified atom stereocenters. The molecule has 5 N–H and O–H groups in total. The molecule has 0 spiro atoms. The highest BCUT2D eigenvalue weighted by Gasteiger charge is 2.32. The van der Waals surface area contributed by atoms with Crippen molar-refractivity contribution < 1.29 is 9.59 Å². The molecule has 0 radical (unpaired) electrons. The number of amides is 3. The molecule has 3 amide bonds. The van der Waals surface area contributed by atoms with Crippen LogP contribution in [0.25, 0.3) is 0 Å². The number of benzene rings is 1. The van der Waals surface area contributed by atoms with Crippen molar-refractivity contribution >= 4 is 23.3 Å². The van der Waals surface area contributed by atoms with Crippen molar-refractivity contribution in [3.8, 4) is 0 Å². The van der Waals surface area contributed by atoms with Gasteiger partial charge in [-0.2, -0.15) is 0 Å². The molecule has 6 nitrogen and oxygen atoms in total. The summed E-state index contributed by atoms with van der Waals surface area (Å²) in [5, 5.41) is 8.33. The van der Waals surface area contributed by atoms with E-state index in [4.69, 9.17) is 5.73 Å². The molecular weight excluding hydrogens is 304 g/mol. The monoisotopic (exact) mass is 332 g/mol. The van der Waals surface area contributed by atoms with Gasteiger partial charge in [-0.3, -0.25) is 4.79 Å². The SMILES string of the molecule is CCNC(=O)Nc1cccc(NC(=O)CC2(CN)CCCCC2)c1. The van der Waals surface area contributed by atoms with Crippen molar-refractivity contribution in [1.29, 1.82) is 0 Å². The van der Waals surface area contributed by atoms with E-state index in [1.54, 1.807) is 18.2 Å². The standard InChI is InChI=1S/C18H28N4O2/c1-2-20-17(24)22-15-8-6-7-14(11-15)21-16(23)12-18(13-19)9-4-3-5-10-18/h6-8,11H,2-5,9-10,12-13,19H2,1H3,(H,21,23)(H2,20,22,24). The Labute approximate surface area is 143 Å². The van der Waals surface area contributed by atoms with Crippen LogP contribution in [0.2, 0.25) is 0 Å². The highest BCUT2D eigenvalue weighted by molar-refractivity contribution is 5.93. The molecule has 132 valence electrons. The minimum absolute atomic E-state index is 0.0162. The number of nitrogens with one attached hydrogen (secondary N) is 3. The highest BCUT2D eigenvalue weighted by Crippen LogP contribution is 2.38. The Morgan fingerprint density at radius 1 is 1.12 bits per heavy atom. The van der Waals surface area contributed by atoms with Crippen molar-refractivity contribution in [2.24, 2.45) is 11.1 Å². The van der Waals surface area contributed by atoms with Crippen LogP contribution in [0, 0.1) is 5.41 Å². The summed E-state index contributed by atoms with van der Waals surface area (Å²) < 4.78 is 0. The number of anilines is 2.